The predicted octanol–water partition coefficient (Wildman–Crippen LogP) is 3.50. The zero-order valence-corrected chi connectivity index (χ0v) is 16.6. The molecule has 1 aliphatic rings. The average Bonchev–Trinajstić information content (AvgIpc) is 2.87. The summed E-state index contributed by atoms with van der Waals surface area (Å²) in [6.07, 6.45) is 0. The number of carbonyl (C=O) groups excluding carboxylic acids is 3. The quantitative estimate of drug-likeness (QED) is 0.561. The first kappa shape index (κ1) is 19.1. The molecule has 3 rings (SSSR count). The number of nitrogens with one attached hydrogen (secondary N) is 1. The number of rotatable bonds is 6. The Hall–Kier alpha value is -2.67. The number of ether oxygens (including phenoxy) is 1. The van der Waals surface area contributed by atoms with Crippen molar-refractivity contribution in [3.05, 3.63) is 64.1 Å². The summed E-state index contributed by atoms with van der Waals surface area (Å²) in [4.78, 5) is 38.8. The van der Waals surface area contributed by atoms with Gasteiger partial charge in [0.25, 0.3) is 5.91 Å². The third kappa shape index (κ3) is 3.73. The Bertz CT molecular complexity index is 897. The van der Waals surface area contributed by atoms with E-state index in [1.54, 1.807) is 49.4 Å². The van der Waals surface area contributed by atoms with Crippen LogP contribution in [0.2, 0.25) is 0 Å². The van der Waals surface area contributed by atoms with Gasteiger partial charge < -0.3 is 10.1 Å². The van der Waals surface area contributed by atoms with Crippen molar-refractivity contribution < 1.29 is 19.1 Å². The molecular formula is C20H19BrN2O4. The van der Waals surface area contributed by atoms with Crippen LogP contribution in [0.25, 0.3) is 0 Å². The van der Waals surface area contributed by atoms with Gasteiger partial charge in [0.2, 0.25) is 0 Å². The molecule has 0 radical (unpaired) electrons. The SMILES string of the molecule is CCOc1ccc(C(=O)CN2C(=O)N[C@](C)(c3cccc(Br)c3)C2=O)cc1. The number of urea groups is 1. The summed E-state index contributed by atoms with van der Waals surface area (Å²) in [7, 11) is 0. The second-order valence-electron chi connectivity index (χ2n) is 6.34. The standard InChI is InChI=1S/C20H19BrN2O4/c1-3-27-16-9-7-13(8-10-16)17(24)12-23-18(25)20(2,22-19(23)26)14-5-4-6-15(21)11-14/h4-11H,3,12H2,1-2H3,(H,22,26)/t20-/m1/s1. The van der Waals surface area contributed by atoms with Gasteiger partial charge in [0.15, 0.2) is 5.78 Å². The van der Waals surface area contributed by atoms with Gasteiger partial charge in [-0.25, -0.2) is 4.79 Å². The summed E-state index contributed by atoms with van der Waals surface area (Å²) in [5, 5.41) is 2.70. The van der Waals surface area contributed by atoms with Gasteiger partial charge in [0.1, 0.15) is 11.3 Å². The van der Waals surface area contributed by atoms with E-state index in [9.17, 15) is 14.4 Å². The summed E-state index contributed by atoms with van der Waals surface area (Å²) in [5.41, 5.74) is -0.152. The smallest absolute Gasteiger partial charge is 0.325 e. The van der Waals surface area contributed by atoms with Crippen LogP contribution in [0, 0.1) is 0 Å². The zero-order chi connectivity index (χ0) is 19.6. The molecule has 0 spiro atoms. The lowest BCUT2D eigenvalue weighted by atomic mass is 9.92. The van der Waals surface area contributed by atoms with Gasteiger partial charge in [-0.1, -0.05) is 28.1 Å². The van der Waals surface area contributed by atoms with Crippen LogP contribution in [-0.2, 0) is 10.3 Å². The fraction of sp³-hybridized carbons (Fsp3) is 0.250. The van der Waals surface area contributed by atoms with Crippen molar-refractivity contribution in [2.75, 3.05) is 13.2 Å². The summed E-state index contributed by atoms with van der Waals surface area (Å²) >= 11 is 3.37. The van der Waals surface area contributed by atoms with Crippen molar-refractivity contribution in [2.24, 2.45) is 0 Å². The molecule has 0 saturated carbocycles. The molecule has 0 unspecified atom stereocenters. The molecule has 1 atom stereocenters. The highest BCUT2D eigenvalue weighted by atomic mass is 79.9. The number of nitrogens with zero attached hydrogens (tertiary/aromatic N) is 1. The monoisotopic (exact) mass is 430 g/mol. The van der Waals surface area contributed by atoms with E-state index >= 15 is 0 Å². The molecule has 1 N–H and O–H groups in total. The highest BCUT2D eigenvalue weighted by molar-refractivity contribution is 9.10. The molecular weight excluding hydrogens is 412 g/mol. The lowest BCUT2D eigenvalue weighted by molar-refractivity contribution is -0.130. The molecule has 1 saturated heterocycles. The summed E-state index contributed by atoms with van der Waals surface area (Å²) in [6, 6.07) is 13.2. The van der Waals surface area contributed by atoms with Crippen LogP contribution in [-0.4, -0.2) is 35.8 Å². The number of Topliss-reactive ketones (excluding diaryl/α,β-unsaturated/α-hetero) is 1. The van der Waals surface area contributed by atoms with Crippen molar-refractivity contribution >= 4 is 33.7 Å². The van der Waals surface area contributed by atoms with E-state index in [-0.39, 0.29) is 12.3 Å². The van der Waals surface area contributed by atoms with Gasteiger partial charge in [-0.3, -0.25) is 14.5 Å². The molecule has 1 heterocycles. The molecule has 0 aliphatic carbocycles. The number of benzene rings is 2. The molecule has 2 aromatic rings. The van der Waals surface area contributed by atoms with E-state index in [1.165, 1.54) is 0 Å². The summed E-state index contributed by atoms with van der Waals surface area (Å²) < 4.78 is 6.15. The Kier molecular flexibility index (Phi) is 5.32. The molecule has 0 aromatic heterocycles. The number of imide groups is 1. The molecule has 140 valence electrons. The second kappa shape index (κ2) is 7.52. The van der Waals surface area contributed by atoms with Crippen molar-refractivity contribution in [1.29, 1.82) is 0 Å². The lowest BCUT2D eigenvalue weighted by Gasteiger charge is -2.22. The minimum atomic E-state index is -1.21. The molecule has 2 aromatic carbocycles. The highest BCUT2D eigenvalue weighted by Gasteiger charge is 2.49. The van der Waals surface area contributed by atoms with Gasteiger partial charge in [0, 0.05) is 10.0 Å². The van der Waals surface area contributed by atoms with Gasteiger partial charge in [-0.05, 0) is 55.8 Å². The van der Waals surface area contributed by atoms with Crippen LogP contribution < -0.4 is 10.1 Å². The number of amides is 3. The van der Waals surface area contributed by atoms with Crippen molar-refractivity contribution in [2.45, 2.75) is 19.4 Å². The fourth-order valence-electron chi connectivity index (χ4n) is 2.97. The first-order valence-electron chi connectivity index (χ1n) is 8.51. The summed E-state index contributed by atoms with van der Waals surface area (Å²) in [6.45, 7) is 3.72. The predicted molar refractivity (Wildman–Crippen MR) is 104 cm³/mol. The van der Waals surface area contributed by atoms with E-state index in [4.69, 9.17) is 4.74 Å². The maximum atomic E-state index is 12.9. The van der Waals surface area contributed by atoms with Gasteiger partial charge >= 0.3 is 6.03 Å². The number of hydrogen-bond donors (Lipinski definition) is 1. The third-order valence-electron chi connectivity index (χ3n) is 4.47. The molecule has 6 nitrogen and oxygen atoms in total. The minimum absolute atomic E-state index is 0.317. The van der Waals surface area contributed by atoms with E-state index in [2.05, 4.69) is 21.2 Å². The zero-order valence-electron chi connectivity index (χ0n) is 15.0. The summed E-state index contributed by atoms with van der Waals surface area (Å²) in [5.74, 6) is -0.115. The van der Waals surface area contributed by atoms with Crippen LogP contribution in [0.15, 0.2) is 53.0 Å². The van der Waals surface area contributed by atoms with Gasteiger partial charge in [0.05, 0.1) is 13.2 Å². The van der Waals surface area contributed by atoms with Gasteiger partial charge in [-0.15, -0.1) is 0 Å². The van der Waals surface area contributed by atoms with Crippen LogP contribution in [0.1, 0.15) is 29.8 Å². The maximum absolute atomic E-state index is 12.9. The Balaban J connectivity index is 1.78. The van der Waals surface area contributed by atoms with E-state index in [1.807, 2.05) is 13.0 Å². The van der Waals surface area contributed by atoms with Crippen LogP contribution in [0.3, 0.4) is 0 Å². The first-order chi connectivity index (χ1) is 12.8. The Morgan fingerprint density at radius 3 is 2.52 bits per heavy atom. The molecule has 3 amide bonds. The number of halogens is 1. The second-order valence-corrected chi connectivity index (χ2v) is 7.25. The third-order valence-corrected chi connectivity index (χ3v) is 4.96. The largest absolute Gasteiger partial charge is 0.494 e. The number of carbonyl (C=O) groups is 3. The topological polar surface area (TPSA) is 75.7 Å². The van der Waals surface area contributed by atoms with Crippen LogP contribution in [0.4, 0.5) is 4.79 Å². The normalized spacial score (nSPS) is 19.1. The van der Waals surface area contributed by atoms with E-state index in [0.717, 1.165) is 9.37 Å². The lowest BCUT2D eigenvalue weighted by Crippen LogP contribution is -2.41. The number of hydrogen-bond acceptors (Lipinski definition) is 4. The molecule has 1 fully saturated rings. The molecule has 0 bridgehead atoms. The van der Waals surface area contributed by atoms with E-state index < -0.39 is 17.5 Å². The number of ketones is 1. The minimum Gasteiger partial charge on any atom is -0.494 e. The van der Waals surface area contributed by atoms with E-state index in [0.29, 0.717) is 23.5 Å². The highest BCUT2D eigenvalue weighted by Crippen LogP contribution is 2.30. The molecule has 7 heteroatoms. The first-order valence-corrected chi connectivity index (χ1v) is 9.30. The Labute approximate surface area is 165 Å². The Morgan fingerprint density at radius 2 is 1.89 bits per heavy atom. The maximum Gasteiger partial charge on any atom is 0.325 e. The van der Waals surface area contributed by atoms with Crippen LogP contribution >= 0.6 is 15.9 Å². The molecule has 27 heavy (non-hydrogen) atoms. The van der Waals surface area contributed by atoms with Crippen LogP contribution in [0.5, 0.6) is 5.75 Å². The van der Waals surface area contributed by atoms with Gasteiger partial charge in [-0.2, -0.15) is 0 Å². The van der Waals surface area contributed by atoms with Crippen molar-refractivity contribution in [3.8, 4) is 5.75 Å². The van der Waals surface area contributed by atoms with Crippen molar-refractivity contribution in [3.63, 3.8) is 0 Å². The Morgan fingerprint density at radius 1 is 1.19 bits per heavy atom. The molecule has 1 aliphatic heterocycles. The van der Waals surface area contributed by atoms with Crippen molar-refractivity contribution in [1.82, 2.24) is 10.2 Å². The fourth-order valence-corrected chi connectivity index (χ4v) is 3.37. The average molecular weight is 431 g/mol.